The Kier molecular flexibility index (Phi) is 4.41. The topological polar surface area (TPSA) is 53.1 Å². The second kappa shape index (κ2) is 6.54. The van der Waals surface area contributed by atoms with E-state index in [0.29, 0.717) is 44.8 Å². The van der Waals surface area contributed by atoms with Crippen LogP contribution in [0.1, 0.15) is 44.9 Å². The molecule has 6 nitrogen and oxygen atoms in total. The van der Waals surface area contributed by atoms with Gasteiger partial charge in [0.05, 0.1) is 18.6 Å². The van der Waals surface area contributed by atoms with Gasteiger partial charge in [-0.1, -0.05) is 12.8 Å². The zero-order chi connectivity index (χ0) is 16.6. The van der Waals surface area contributed by atoms with Crippen LogP contribution in [-0.4, -0.2) is 78.6 Å². The van der Waals surface area contributed by atoms with Gasteiger partial charge in [-0.2, -0.15) is 0 Å². The number of carbonyl (C=O) groups is 2. The maximum Gasteiger partial charge on any atom is 0.320 e. The molecule has 0 unspecified atom stereocenters. The average molecular weight is 335 g/mol. The number of ether oxygens (including phenoxy) is 1. The van der Waals surface area contributed by atoms with Gasteiger partial charge in [-0.05, 0) is 32.1 Å². The van der Waals surface area contributed by atoms with Crippen molar-refractivity contribution in [3.8, 4) is 0 Å². The molecule has 1 spiro atoms. The molecule has 6 heteroatoms. The van der Waals surface area contributed by atoms with Crippen LogP contribution in [0.3, 0.4) is 0 Å². The summed E-state index contributed by atoms with van der Waals surface area (Å²) in [7, 11) is 0. The third-order valence-electron chi connectivity index (χ3n) is 6.44. The van der Waals surface area contributed by atoms with E-state index in [1.807, 2.05) is 9.80 Å². The predicted octanol–water partition coefficient (Wildman–Crippen LogP) is 1.70. The maximum atomic E-state index is 13.2. The Morgan fingerprint density at radius 2 is 1.71 bits per heavy atom. The minimum Gasteiger partial charge on any atom is -0.378 e. The second-order valence-electron chi connectivity index (χ2n) is 7.87. The van der Waals surface area contributed by atoms with E-state index in [1.165, 1.54) is 12.8 Å². The van der Waals surface area contributed by atoms with Crippen molar-refractivity contribution in [2.75, 3.05) is 45.9 Å². The lowest BCUT2D eigenvalue weighted by Gasteiger charge is -2.42. The first-order chi connectivity index (χ1) is 11.7. The maximum absolute atomic E-state index is 13.2. The molecule has 3 heterocycles. The molecule has 4 fully saturated rings. The average Bonchev–Trinajstić information content (AvgIpc) is 3.29. The summed E-state index contributed by atoms with van der Waals surface area (Å²) in [4.78, 5) is 31.9. The number of hydrogen-bond donors (Lipinski definition) is 0. The van der Waals surface area contributed by atoms with Gasteiger partial charge < -0.3 is 19.4 Å². The van der Waals surface area contributed by atoms with Crippen molar-refractivity contribution in [2.45, 2.75) is 51.0 Å². The number of morpholine rings is 1. The van der Waals surface area contributed by atoms with E-state index in [2.05, 4.69) is 4.90 Å². The molecule has 4 rings (SSSR count). The van der Waals surface area contributed by atoms with Crippen LogP contribution in [0.4, 0.5) is 4.79 Å². The fourth-order valence-corrected chi connectivity index (χ4v) is 5.03. The van der Waals surface area contributed by atoms with Crippen molar-refractivity contribution in [3.05, 3.63) is 0 Å². The van der Waals surface area contributed by atoms with E-state index in [0.717, 1.165) is 45.2 Å². The van der Waals surface area contributed by atoms with E-state index in [1.54, 1.807) is 0 Å². The van der Waals surface area contributed by atoms with Crippen LogP contribution in [0, 0.1) is 5.41 Å². The number of hydrogen-bond acceptors (Lipinski definition) is 3. The van der Waals surface area contributed by atoms with Gasteiger partial charge in [0.25, 0.3) is 0 Å². The molecular weight excluding hydrogens is 306 g/mol. The second-order valence-corrected chi connectivity index (χ2v) is 7.87. The van der Waals surface area contributed by atoms with Crippen LogP contribution in [-0.2, 0) is 9.53 Å². The number of piperidine rings is 1. The van der Waals surface area contributed by atoms with Crippen molar-refractivity contribution in [1.82, 2.24) is 14.7 Å². The quantitative estimate of drug-likeness (QED) is 0.733. The normalized spacial score (nSPS) is 32.2. The highest BCUT2D eigenvalue weighted by Gasteiger charge is 2.51. The number of carbonyl (C=O) groups excluding carboxylic acids is 2. The van der Waals surface area contributed by atoms with Gasteiger partial charge in [0.1, 0.15) is 0 Å². The van der Waals surface area contributed by atoms with Gasteiger partial charge in [0, 0.05) is 38.8 Å². The van der Waals surface area contributed by atoms with Crippen molar-refractivity contribution < 1.29 is 14.3 Å². The molecule has 1 saturated carbocycles. The van der Waals surface area contributed by atoms with Gasteiger partial charge in [0.2, 0.25) is 5.91 Å². The number of urea groups is 1. The van der Waals surface area contributed by atoms with Gasteiger partial charge in [-0.15, -0.1) is 0 Å². The third kappa shape index (κ3) is 2.79. The fraction of sp³-hybridized carbons (Fsp3) is 0.889. The van der Waals surface area contributed by atoms with Gasteiger partial charge >= 0.3 is 6.03 Å². The van der Waals surface area contributed by atoms with Crippen LogP contribution < -0.4 is 0 Å². The standard InChI is InChI=1S/C18H29N3O3/c22-16-18(6-3-8-21(16)15-4-1-2-5-15)7-9-20(14-18)17(23)19-10-12-24-13-11-19/h15H,1-14H2/t18-/m1/s1. The molecule has 4 aliphatic rings. The molecule has 0 aromatic rings. The van der Waals surface area contributed by atoms with Crippen molar-refractivity contribution in [3.63, 3.8) is 0 Å². The summed E-state index contributed by atoms with van der Waals surface area (Å²) in [5.74, 6) is 0.331. The molecule has 24 heavy (non-hydrogen) atoms. The minimum absolute atomic E-state index is 0.0981. The lowest BCUT2D eigenvalue weighted by molar-refractivity contribution is -0.148. The van der Waals surface area contributed by atoms with Gasteiger partial charge in [0.15, 0.2) is 0 Å². The number of rotatable bonds is 1. The Balaban J connectivity index is 1.43. The minimum atomic E-state index is -0.303. The molecular formula is C18H29N3O3. The number of amides is 3. The summed E-state index contributed by atoms with van der Waals surface area (Å²) in [5, 5.41) is 0. The van der Waals surface area contributed by atoms with E-state index in [-0.39, 0.29) is 11.4 Å². The monoisotopic (exact) mass is 335 g/mol. The van der Waals surface area contributed by atoms with Gasteiger partial charge in [-0.3, -0.25) is 4.79 Å². The molecule has 0 radical (unpaired) electrons. The first kappa shape index (κ1) is 16.2. The molecule has 1 atom stereocenters. The molecule has 0 aromatic heterocycles. The van der Waals surface area contributed by atoms with E-state index in [4.69, 9.17) is 4.74 Å². The molecule has 134 valence electrons. The van der Waals surface area contributed by atoms with Crippen LogP contribution >= 0.6 is 0 Å². The molecule has 1 aliphatic carbocycles. The smallest absolute Gasteiger partial charge is 0.320 e. The highest BCUT2D eigenvalue weighted by atomic mass is 16.5. The third-order valence-corrected chi connectivity index (χ3v) is 6.44. The lowest BCUT2D eigenvalue weighted by atomic mass is 9.77. The Hall–Kier alpha value is -1.30. The Morgan fingerprint density at radius 3 is 2.46 bits per heavy atom. The molecule has 3 saturated heterocycles. The predicted molar refractivity (Wildman–Crippen MR) is 89.6 cm³/mol. The number of nitrogens with zero attached hydrogens (tertiary/aromatic N) is 3. The summed E-state index contributed by atoms with van der Waals surface area (Å²) in [5.41, 5.74) is -0.303. The van der Waals surface area contributed by atoms with Gasteiger partial charge in [-0.25, -0.2) is 4.79 Å². The van der Waals surface area contributed by atoms with Crippen molar-refractivity contribution >= 4 is 11.9 Å². The van der Waals surface area contributed by atoms with E-state index >= 15 is 0 Å². The summed E-state index contributed by atoms with van der Waals surface area (Å²) >= 11 is 0. The largest absolute Gasteiger partial charge is 0.378 e. The first-order valence-electron chi connectivity index (χ1n) is 9.62. The number of likely N-dealkylation sites (tertiary alicyclic amines) is 2. The molecule has 3 aliphatic heterocycles. The van der Waals surface area contributed by atoms with Crippen molar-refractivity contribution in [1.29, 1.82) is 0 Å². The molecule has 0 N–H and O–H groups in total. The van der Waals surface area contributed by atoms with Crippen LogP contribution in [0.15, 0.2) is 0 Å². The zero-order valence-electron chi connectivity index (χ0n) is 14.5. The molecule has 0 aromatic carbocycles. The molecule has 0 bridgehead atoms. The fourth-order valence-electron chi connectivity index (χ4n) is 5.03. The summed E-state index contributed by atoms with van der Waals surface area (Å²) in [6.45, 7) is 4.85. The zero-order valence-corrected chi connectivity index (χ0v) is 14.5. The lowest BCUT2D eigenvalue weighted by Crippen LogP contribution is -2.54. The van der Waals surface area contributed by atoms with Crippen LogP contribution in [0.5, 0.6) is 0 Å². The van der Waals surface area contributed by atoms with E-state index in [9.17, 15) is 9.59 Å². The van der Waals surface area contributed by atoms with E-state index < -0.39 is 0 Å². The first-order valence-corrected chi connectivity index (χ1v) is 9.62. The Morgan fingerprint density at radius 1 is 0.958 bits per heavy atom. The highest BCUT2D eigenvalue weighted by Crippen LogP contribution is 2.42. The van der Waals surface area contributed by atoms with Crippen molar-refractivity contribution in [2.24, 2.45) is 5.41 Å². The Bertz CT molecular complexity index is 500. The highest BCUT2D eigenvalue weighted by molar-refractivity contribution is 5.86. The SMILES string of the molecule is O=C(N1CCOCC1)N1CC[C@]2(CCCN(C3CCCC3)C2=O)C1. The molecule has 3 amide bonds. The van der Waals surface area contributed by atoms with Crippen LogP contribution in [0.25, 0.3) is 0 Å². The van der Waals surface area contributed by atoms with Crippen LogP contribution in [0.2, 0.25) is 0 Å². The summed E-state index contributed by atoms with van der Waals surface area (Å²) < 4.78 is 5.34. The summed E-state index contributed by atoms with van der Waals surface area (Å²) in [6.07, 6.45) is 7.71. The Labute approximate surface area is 144 Å². The summed E-state index contributed by atoms with van der Waals surface area (Å²) in [6, 6.07) is 0.555.